The summed E-state index contributed by atoms with van der Waals surface area (Å²) in [6.45, 7) is 6.34. The van der Waals surface area contributed by atoms with Gasteiger partial charge < -0.3 is 11.1 Å². The molecule has 0 bridgehead atoms. The van der Waals surface area contributed by atoms with E-state index in [2.05, 4.69) is 19.2 Å². The van der Waals surface area contributed by atoms with Crippen molar-refractivity contribution >= 4 is 5.91 Å². The molecule has 0 aliphatic heterocycles. The van der Waals surface area contributed by atoms with Crippen LogP contribution in [0.4, 0.5) is 0 Å². The van der Waals surface area contributed by atoms with Gasteiger partial charge in [-0.15, -0.1) is 0 Å². The highest BCUT2D eigenvalue weighted by Gasteiger charge is 2.06. The Morgan fingerprint density at radius 2 is 2.00 bits per heavy atom. The number of nitrogens with two attached hydrogens (primary N) is 1. The Hall–Kier alpha value is -0.570. The van der Waals surface area contributed by atoms with Crippen molar-refractivity contribution in [2.45, 2.75) is 33.2 Å². The van der Waals surface area contributed by atoms with Crippen LogP contribution >= 0.6 is 0 Å². The largest absolute Gasteiger partial charge is 0.353 e. The molecule has 1 amide bonds. The molecule has 0 radical (unpaired) electrons. The molecular formula is C8H18N2O. The topological polar surface area (TPSA) is 55.1 Å². The minimum absolute atomic E-state index is 0.0712. The zero-order valence-corrected chi connectivity index (χ0v) is 7.55. The SMILES string of the molecule is CC(C)C[C@@H](C)NC(=O)CN. The van der Waals surface area contributed by atoms with Crippen LogP contribution in [0.15, 0.2) is 0 Å². The van der Waals surface area contributed by atoms with Crippen LogP contribution in [0, 0.1) is 5.92 Å². The maximum absolute atomic E-state index is 10.8. The van der Waals surface area contributed by atoms with Crippen LogP contribution in [0.3, 0.4) is 0 Å². The summed E-state index contributed by atoms with van der Waals surface area (Å²) in [4.78, 5) is 10.8. The van der Waals surface area contributed by atoms with Gasteiger partial charge in [0.15, 0.2) is 0 Å². The van der Waals surface area contributed by atoms with Crippen molar-refractivity contribution in [1.29, 1.82) is 0 Å². The Kier molecular flexibility index (Phi) is 4.86. The van der Waals surface area contributed by atoms with Crippen molar-refractivity contribution in [2.75, 3.05) is 6.54 Å². The van der Waals surface area contributed by atoms with Gasteiger partial charge in [0.25, 0.3) is 0 Å². The number of amides is 1. The number of carbonyl (C=O) groups is 1. The summed E-state index contributed by atoms with van der Waals surface area (Å²) in [6.07, 6.45) is 1.01. The predicted molar refractivity (Wildman–Crippen MR) is 46.1 cm³/mol. The summed E-state index contributed by atoms with van der Waals surface area (Å²) in [5.41, 5.74) is 5.14. The molecule has 0 saturated carbocycles. The standard InChI is InChI=1S/C8H18N2O/c1-6(2)4-7(3)10-8(11)5-9/h6-7H,4-5,9H2,1-3H3,(H,10,11)/t7-/m1/s1. The van der Waals surface area contributed by atoms with Crippen LogP contribution in [0.1, 0.15) is 27.2 Å². The molecule has 1 atom stereocenters. The number of hydrogen-bond acceptors (Lipinski definition) is 2. The monoisotopic (exact) mass is 158 g/mol. The number of hydrogen-bond donors (Lipinski definition) is 2. The van der Waals surface area contributed by atoms with E-state index < -0.39 is 0 Å². The molecule has 0 spiro atoms. The average Bonchev–Trinajstić information content (AvgIpc) is 1.85. The molecule has 0 aliphatic carbocycles. The zero-order valence-electron chi connectivity index (χ0n) is 7.55. The van der Waals surface area contributed by atoms with Crippen LogP contribution < -0.4 is 11.1 Å². The lowest BCUT2D eigenvalue weighted by molar-refractivity contribution is -0.120. The lowest BCUT2D eigenvalue weighted by Crippen LogP contribution is -2.37. The van der Waals surface area contributed by atoms with E-state index in [-0.39, 0.29) is 18.5 Å². The summed E-state index contributed by atoms with van der Waals surface area (Å²) in [5, 5.41) is 2.80. The Morgan fingerprint density at radius 1 is 1.45 bits per heavy atom. The fourth-order valence-corrected chi connectivity index (χ4v) is 1.10. The predicted octanol–water partition coefficient (Wildman–Crippen LogP) is 0.496. The van der Waals surface area contributed by atoms with Gasteiger partial charge in [-0.25, -0.2) is 0 Å². The first-order valence-corrected chi connectivity index (χ1v) is 4.05. The van der Waals surface area contributed by atoms with Gasteiger partial charge in [0.05, 0.1) is 6.54 Å². The van der Waals surface area contributed by atoms with Crippen molar-refractivity contribution < 1.29 is 4.79 Å². The molecule has 0 rings (SSSR count). The summed E-state index contributed by atoms with van der Waals surface area (Å²) < 4.78 is 0. The van der Waals surface area contributed by atoms with Crippen LogP contribution in [-0.4, -0.2) is 18.5 Å². The van der Waals surface area contributed by atoms with Gasteiger partial charge in [-0.3, -0.25) is 4.79 Å². The van der Waals surface area contributed by atoms with E-state index in [9.17, 15) is 4.79 Å². The highest BCUT2D eigenvalue weighted by Crippen LogP contribution is 2.02. The Bertz CT molecular complexity index is 123. The minimum atomic E-state index is -0.0712. The summed E-state index contributed by atoms with van der Waals surface area (Å²) >= 11 is 0. The minimum Gasteiger partial charge on any atom is -0.353 e. The summed E-state index contributed by atoms with van der Waals surface area (Å²) in [5.74, 6) is 0.543. The molecule has 0 aromatic heterocycles. The van der Waals surface area contributed by atoms with Crippen molar-refractivity contribution in [2.24, 2.45) is 11.7 Å². The van der Waals surface area contributed by atoms with Crippen molar-refractivity contribution in [3.63, 3.8) is 0 Å². The second-order valence-electron chi connectivity index (χ2n) is 3.30. The number of carbonyl (C=O) groups excluding carboxylic acids is 1. The van der Waals surface area contributed by atoms with E-state index in [0.29, 0.717) is 5.92 Å². The van der Waals surface area contributed by atoms with Crippen LogP contribution in [0.2, 0.25) is 0 Å². The molecule has 0 fully saturated rings. The zero-order chi connectivity index (χ0) is 8.85. The van der Waals surface area contributed by atoms with E-state index in [0.717, 1.165) is 6.42 Å². The van der Waals surface area contributed by atoms with Gasteiger partial charge in [-0.1, -0.05) is 13.8 Å². The third kappa shape index (κ3) is 5.85. The molecule has 0 unspecified atom stereocenters. The second kappa shape index (κ2) is 5.13. The first-order chi connectivity index (χ1) is 5.06. The Balaban J connectivity index is 3.51. The third-order valence-corrected chi connectivity index (χ3v) is 1.42. The van der Waals surface area contributed by atoms with E-state index in [1.165, 1.54) is 0 Å². The van der Waals surface area contributed by atoms with Crippen LogP contribution in [-0.2, 0) is 4.79 Å². The Morgan fingerprint density at radius 3 is 2.36 bits per heavy atom. The number of rotatable bonds is 4. The van der Waals surface area contributed by atoms with Gasteiger partial charge in [-0.05, 0) is 19.3 Å². The first-order valence-electron chi connectivity index (χ1n) is 4.05. The molecular weight excluding hydrogens is 140 g/mol. The fraction of sp³-hybridized carbons (Fsp3) is 0.875. The maximum Gasteiger partial charge on any atom is 0.233 e. The molecule has 3 heteroatoms. The van der Waals surface area contributed by atoms with E-state index >= 15 is 0 Å². The molecule has 0 aliphatic rings. The van der Waals surface area contributed by atoms with Crippen molar-refractivity contribution in [3.8, 4) is 0 Å². The van der Waals surface area contributed by atoms with Crippen LogP contribution in [0.25, 0.3) is 0 Å². The lowest BCUT2D eigenvalue weighted by Gasteiger charge is -2.14. The van der Waals surface area contributed by atoms with Gasteiger partial charge in [0.2, 0.25) is 5.91 Å². The second-order valence-corrected chi connectivity index (χ2v) is 3.30. The number of nitrogens with one attached hydrogen (secondary N) is 1. The smallest absolute Gasteiger partial charge is 0.233 e. The van der Waals surface area contributed by atoms with Crippen molar-refractivity contribution in [1.82, 2.24) is 5.32 Å². The molecule has 0 heterocycles. The lowest BCUT2D eigenvalue weighted by atomic mass is 10.1. The van der Waals surface area contributed by atoms with Gasteiger partial charge >= 0.3 is 0 Å². The van der Waals surface area contributed by atoms with E-state index in [1.54, 1.807) is 0 Å². The highest BCUT2D eigenvalue weighted by molar-refractivity contribution is 5.77. The van der Waals surface area contributed by atoms with E-state index in [4.69, 9.17) is 5.73 Å². The average molecular weight is 158 g/mol. The highest BCUT2D eigenvalue weighted by atomic mass is 16.1. The molecule has 0 aromatic rings. The molecule has 11 heavy (non-hydrogen) atoms. The van der Waals surface area contributed by atoms with Gasteiger partial charge in [-0.2, -0.15) is 0 Å². The van der Waals surface area contributed by atoms with Gasteiger partial charge in [0, 0.05) is 6.04 Å². The normalized spacial score (nSPS) is 13.2. The maximum atomic E-state index is 10.8. The summed E-state index contributed by atoms with van der Waals surface area (Å²) in [6, 6.07) is 0.242. The first kappa shape index (κ1) is 10.4. The Labute approximate surface area is 68.3 Å². The molecule has 3 N–H and O–H groups in total. The molecule has 66 valence electrons. The molecule has 3 nitrogen and oxygen atoms in total. The quantitative estimate of drug-likeness (QED) is 0.626. The molecule has 0 saturated heterocycles. The van der Waals surface area contributed by atoms with Gasteiger partial charge in [0.1, 0.15) is 0 Å². The van der Waals surface area contributed by atoms with Crippen molar-refractivity contribution in [3.05, 3.63) is 0 Å². The van der Waals surface area contributed by atoms with Crippen LogP contribution in [0.5, 0.6) is 0 Å². The fourth-order valence-electron chi connectivity index (χ4n) is 1.10. The third-order valence-electron chi connectivity index (χ3n) is 1.42. The molecule has 0 aromatic carbocycles. The van der Waals surface area contributed by atoms with E-state index in [1.807, 2.05) is 6.92 Å². The summed E-state index contributed by atoms with van der Waals surface area (Å²) in [7, 11) is 0.